The summed E-state index contributed by atoms with van der Waals surface area (Å²) in [5.41, 5.74) is 8.14. The van der Waals surface area contributed by atoms with Gasteiger partial charge in [-0.15, -0.1) is 59.4 Å². The Bertz CT molecular complexity index is 2730. The molecule has 0 radical (unpaired) electrons. The van der Waals surface area contributed by atoms with Crippen molar-refractivity contribution < 1.29 is 25.8 Å². The zero-order chi connectivity index (χ0) is 36.6. The number of rotatable bonds is 5. The van der Waals surface area contributed by atoms with Gasteiger partial charge in [0.15, 0.2) is 0 Å². The second-order valence-corrected chi connectivity index (χ2v) is 17.0. The number of fused-ring (bicyclic) bond motifs is 7. The van der Waals surface area contributed by atoms with Crippen LogP contribution in [0, 0.1) is 25.7 Å². The Morgan fingerprint density at radius 3 is 2.24 bits per heavy atom. The van der Waals surface area contributed by atoms with Crippen LogP contribution in [0.15, 0.2) is 116 Å². The summed E-state index contributed by atoms with van der Waals surface area (Å²) in [6, 6.07) is 41.2. The van der Waals surface area contributed by atoms with Gasteiger partial charge in [0, 0.05) is 64.6 Å². The third-order valence-corrected chi connectivity index (χ3v) is 11.3. The number of hydrogen-bond donors (Lipinski definition) is 0. The van der Waals surface area contributed by atoms with Crippen LogP contribution in [0.4, 0.5) is 11.4 Å². The number of pyridine rings is 1. The van der Waals surface area contributed by atoms with Gasteiger partial charge in [-0.3, -0.25) is 0 Å². The second-order valence-electron chi connectivity index (χ2n) is 16.0. The average molecular weight is 905 g/mol. The van der Waals surface area contributed by atoms with Crippen molar-refractivity contribution in [3.8, 4) is 17.3 Å². The molecule has 0 atom stereocenters. The van der Waals surface area contributed by atoms with Gasteiger partial charge in [0.05, 0.1) is 5.52 Å². The van der Waals surface area contributed by atoms with Crippen molar-refractivity contribution in [3.63, 3.8) is 0 Å². The molecule has 7 heteroatoms. The number of nitrogens with zero attached hydrogens (tertiary/aromatic N) is 4. The molecule has 0 saturated carbocycles. The predicted molar refractivity (Wildman–Crippen MR) is 223 cm³/mol. The molecule has 274 valence electrons. The minimum atomic E-state index is -0.0281. The number of thiophene rings is 1. The van der Waals surface area contributed by atoms with Gasteiger partial charge >= 0.3 is 0 Å². The molecular weight excluding hydrogens is 864 g/mol. The van der Waals surface area contributed by atoms with Crippen LogP contribution in [0.25, 0.3) is 47.8 Å². The molecule has 54 heavy (non-hydrogen) atoms. The van der Waals surface area contributed by atoms with E-state index in [1.54, 1.807) is 0 Å². The minimum Gasteiger partial charge on any atom is -0.509 e. The first-order valence-corrected chi connectivity index (χ1v) is 18.9. The topological polar surface area (TPSA) is 33.5 Å². The molecule has 4 heterocycles. The van der Waals surface area contributed by atoms with Crippen LogP contribution in [0.1, 0.15) is 58.2 Å². The molecule has 0 aliphatic carbocycles. The van der Waals surface area contributed by atoms with Gasteiger partial charge in [-0.1, -0.05) is 89.5 Å². The Morgan fingerprint density at radius 2 is 1.46 bits per heavy atom. The van der Waals surface area contributed by atoms with Crippen LogP contribution in [-0.4, -0.2) is 9.55 Å². The summed E-state index contributed by atoms with van der Waals surface area (Å²) in [6.45, 7) is 18.1. The maximum atomic E-state index is 6.53. The molecule has 0 bridgehead atoms. The number of aryl methyl sites for hydroxylation is 1. The summed E-state index contributed by atoms with van der Waals surface area (Å²) in [4.78, 5) is 9.14. The summed E-state index contributed by atoms with van der Waals surface area (Å²) >= 11 is 1.82. The first kappa shape index (κ1) is 36.1. The molecule has 0 fully saturated rings. The molecule has 8 aromatic rings. The van der Waals surface area contributed by atoms with Gasteiger partial charge in [0.1, 0.15) is 5.82 Å². The van der Waals surface area contributed by atoms with Crippen molar-refractivity contribution in [2.75, 3.05) is 9.80 Å². The molecule has 9 rings (SSSR count). The Morgan fingerprint density at radius 1 is 0.704 bits per heavy atom. The normalized spacial score (nSPS) is 13.5. The van der Waals surface area contributed by atoms with Crippen molar-refractivity contribution in [3.05, 3.63) is 151 Å². The Kier molecular flexibility index (Phi) is 8.98. The number of anilines is 2. The van der Waals surface area contributed by atoms with Crippen LogP contribution in [0.2, 0.25) is 0 Å². The van der Waals surface area contributed by atoms with E-state index in [0.29, 0.717) is 11.5 Å². The van der Waals surface area contributed by atoms with Crippen LogP contribution in [0.3, 0.4) is 0 Å². The van der Waals surface area contributed by atoms with Crippen molar-refractivity contribution in [2.24, 2.45) is 0 Å². The van der Waals surface area contributed by atoms with E-state index in [0.717, 1.165) is 33.3 Å². The fourth-order valence-corrected chi connectivity index (χ4v) is 8.62. The predicted octanol–water partition coefficient (Wildman–Crippen LogP) is 12.8. The van der Waals surface area contributed by atoms with Gasteiger partial charge in [-0.2, -0.15) is 12.1 Å². The first-order valence-electron chi connectivity index (χ1n) is 18.1. The molecule has 1 aliphatic rings. The Hall–Kier alpha value is -4.90. The van der Waals surface area contributed by atoms with E-state index in [1.165, 1.54) is 42.6 Å². The van der Waals surface area contributed by atoms with Crippen molar-refractivity contribution in [1.29, 1.82) is 0 Å². The maximum Gasteiger partial charge on any atom is 0.135 e. The summed E-state index contributed by atoms with van der Waals surface area (Å²) in [5.74, 6) is 2.08. The maximum absolute atomic E-state index is 6.53. The van der Waals surface area contributed by atoms with Gasteiger partial charge in [-0.25, -0.2) is 4.98 Å². The van der Waals surface area contributed by atoms with E-state index in [2.05, 4.69) is 161 Å². The molecule has 0 spiro atoms. The smallest absolute Gasteiger partial charge is 0.135 e. The number of ether oxygens (including phenoxy) is 1. The standard InChI is InChI=1S/C47H41N4OS.Pt/c1-30-25-31(46(2,3)4)26-38(47(5,6)7)44(30)50-24-23-49(29-50)32-13-12-14-33(27-32)52-34-18-19-35-36-20-21-41-43(37-15-8-9-16-40(37)53-41)45(36)51(39(35)28-34)42-17-10-11-22-48-42;/h8-26,29H,1-7H3;/q-3;. The molecular formula is C47H41N4OPtS-3. The zero-order valence-electron chi connectivity index (χ0n) is 31.5. The van der Waals surface area contributed by atoms with E-state index < -0.39 is 0 Å². The average Bonchev–Trinajstić information content (AvgIpc) is 3.85. The van der Waals surface area contributed by atoms with E-state index >= 15 is 0 Å². The van der Waals surface area contributed by atoms with Gasteiger partial charge in [-0.05, 0) is 76.5 Å². The third-order valence-electron chi connectivity index (χ3n) is 10.2. The SMILES string of the molecule is Cc1cc(C(C)(C)C)cc(C(C)(C)C)c1N1C=CN(c2[c-]c(Oc3[c-]c4c(cc3)c3ccc5sc6ccccc6c5c3n4-c3ccccn3)ccc2)[CH-]1.[Pt]. The molecule has 0 unspecified atom stereocenters. The summed E-state index contributed by atoms with van der Waals surface area (Å²) in [5, 5.41) is 4.75. The largest absolute Gasteiger partial charge is 0.509 e. The van der Waals surface area contributed by atoms with Gasteiger partial charge in [0.2, 0.25) is 0 Å². The quantitative estimate of drug-likeness (QED) is 0.161. The fraction of sp³-hybridized carbons (Fsp3) is 0.191. The second kappa shape index (κ2) is 13.4. The minimum absolute atomic E-state index is 0. The van der Waals surface area contributed by atoms with Crippen LogP contribution < -0.4 is 14.5 Å². The van der Waals surface area contributed by atoms with Crippen LogP contribution in [-0.2, 0) is 31.9 Å². The van der Waals surface area contributed by atoms with Crippen molar-refractivity contribution in [2.45, 2.75) is 59.3 Å². The first-order chi connectivity index (χ1) is 25.4. The molecule has 0 saturated heterocycles. The molecule has 5 nitrogen and oxygen atoms in total. The van der Waals surface area contributed by atoms with Crippen molar-refractivity contribution in [1.82, 2.24) is 9.55 Å². The summed E-state index contributed by atoms with van der Waals surface area (Å²) in [7, 11) is 0. The molecule has 5 aromatic carbocycles. The van der Waals surface area contributed by atoms with Crippen LogP contribution >= 0.6 is 11.3 Å². The van der Waals surface area contributed by atoms with E-state index in [9.17, 15) is 0 Å². The van der Waals surface area contributed by atoms with Gasteiger partial charge in [0.25, 0.3) is 0 Å². The van der Waals surface area contributed by atoms with Gasteiger partial charge < -0.3 is 19.1 Å². The molecule has 0 amide bonds. The monoisotopic (exact) mass is 904 g/mol. The number of benzene rings is 5. The molecule has 3 aromatic heterocycles. The van der Waals surface area contributed by atoms with E-state index in [1.807, 2.05) is 47.9 Å². The number of aromatic nitrogens is 2. The Labute approximate surface area is 335 Å². The zero-order valence-corrected chi connectivity index (χ0v) is 34.6. The Balaban J connectivity index is 0.00000413. The van der Waals surface area contributed by atoms with E-state index in [-0.39, 0.29) is 31.9 Å². The third kappa shape index (κ3) is 6.20. The van der Waals surface area contributed by atoms with E-state index in [4.69, 9.17) is 9.72 Å². The fourth-order valence-electron chi connectivity index (χ4n) is 7.51. The molecule has 1 aliphatic heterocycles. The summed E-state index contributed by atoms with van der Waals surface area (Å²) in [6.07, 6.45) is 6.05. The summed E-state index contributed by atoms with van der Waals surface area (Å²) < 4.78 is 11.3. The van der Waals surface area contributed by atoms with Crippen molar-refractivity contribution >= 4 is 64.7 Å². The molecule has 0 N–H and O–H groups in total. The number of hydrogen-bond acceptors (Lipinski definition) is 5. The van der Waals surface area contributed by atoms with Crippen LogP contribution in [0.5, 0.6) is 11.5 Å².